The van der Waals surface area contributed by atoms with Crippen molar-refractivity contribution in [1.29, 1.82) is 0 Å². The van der Waals surface area contributed by atoms with Crippen LogP contribution in [0.2, 0.25) is 0 Å². The third-order valence-electron chi connectivity index (χ3n) is 2.69. The number of para-hydroxylation sites is 2. The number of likely N-dealkylation sites (N-methyl/N-ethyl adjacent to an activating group) is 1. The Morgan fingerprint density at radius 2 is 2.29 bits per heavy atom. The van der Waals surface area contributed by atoms with Gasteiger partial charge in [-0.1, -0.05) is 12.1 Å². The van der Waals surface area contributed by atoms with Gasteiger partial charge in [0, 0.05) is 13.7 Å². The van der Waals surface area contributed by atoms with Gasteiger partial charge in [-0.05, 0) is 18.6 Å². The second-order valence-corrected chi connectivity index (χ2v) is 3.56. The summed E-state index contributed by atoms with van der Waals surface area (Å²) in [6.07, 6.45) is 0.755. The van der Waals surface area contributed by atoms with E-state index in [1.54, 1.807) is 0 Å². The van der Waals surface area contributed by atoms with Crippen molar-refractivity contribution in [2.75, 3.05) is 25.2 Å². The predicted octanol–water partition coefficient (Wildman–Crippen LogP) is 1.27. The van der Waals surface area contributed by atoms with Crippen LogP contribution in [0.25, 0.3) is 0 Å². The molecule has 0 aromatic heterocycles. The first-order valence-electron chi connectivity index (χ1n) is 4.88. The third kappa shape index (κ3) is 1.55. The van der Waals surface area contributed by atoms with Crippen LogP contribution >= 0.6 is 0 Å². The lowest BCUT2D eigenvalue weighted by Gasteiger charge is -2.35. The molecule has 1 aliphatic rings. The summed E-state index contributed by atoms with van der Waals surface area (Å²) >= 11 is 0. The number of rotatable bonds is 2. The van der Waals surface area contributed by atoms with Gasteiger partial charge < -0.3 is 14.7 Å². The average Bonchev–Trinajstić information content (AvgIpc) is 2.23. The van der Waals surface area contributed by atoms with E-state index in [2.05, 4.69) is 4.90 Å². The number of hydrogen-bond donors (Lipinski definition) is 1. The van der Waals surface area contributed by atoms with Crippen LogP contribution in [-0.4, -0.2) is 31.4 Å². The fourth-order valence-electron chi connectivity index (χ4n) is 1.79. The Labute approximate surface area is 83.9 Å². The molecule has 0 spiro atoms. The van der Waals surface area contributed by atoms with Gasteiger partial charge in [0.1, 0.15) is 12.4 Å². The Morgan fingerprint density at radius 1 is 1.50 bits per heavy atom. The minimum atomic E-state index is 0.209. The highest BCUT2D eigenvalue weighted by molar-refractivity contribution is 5.59. The molecule has 0 aliphatic carbocycles. The van der Waals surface area contributed by atoms with Crippen LogP contribution in [0.15, 0.2) is 24.3 Å². The number of nitrogens with zero attached hydrogens (tertiary/aromatic N) is 1. The smallest absolute Gasteiger partial charge is 0.142 e. The zero-order valence-electron chi connectivity index (χ0n) is 8.31. The van der Waals surface area contributed by atoms with Crippen molar-refractivity contribution in [3.8, 4) is 5.75 Å². The maximum atomic E-state index is 8.90. The Balaban J connectivity index is 2.22. The van der Waals surface area contributed by atoms with Gasteiger partial charge in [-0.3, -0.25) is 0 Å². The van der Waals surface area contributed by atoms with Crippen LogP contribution in [0.1, 0.15) is 6.42 Å². The summed E-state index contributed by atoms with van der Waals surface area (Å²) in [5.74, 6) is 0.934. The molecule has 0 saturated carbocycles. The largest absolute Gasteiger partial charge is 0.489 e. The van der Waals surface area contributed by atoms with E-state index in [1.165, 1.54) is 0 Å². The number of aliphatic hydroxyl groups excluding tert-OH is 1. The maximum absolute atomic E-state index is 8.90. The van der Waals surface area contributed by atoms with Gasteiger partial charge in [0.25, 0.3) is 0 Å². The molecule has 76 valence electrons. The van der Waals surface area contributed by atoms with Crippen molar-refractivity contribution in [3.05, 3.63) is 24.3 Å². The van der Waals surface area contributed by atoms with E-state index in [-0.39, 0.29) is 12.6 Å². The van der Waals surface area contributed by atoms with E-state index in [1.807, 2.05) is 31.3 Å². The van der Waals surface area contributed by atoms with Gasteiger partial charge in [-0.25, -0.2) is 0 Å². The lowest BCUT2D eigenvalue weighted by atomic mass is 10.1. The van der Waals surface area contributed by atoms with E-state index in [0.717, 1.165) is 17.9 Å². The maximum Gasteiger partial charge on any atom is 0.142 e. The van der Waals surface area contributed by atoms with Crippen molar-refractivity contribution in [1.82, 2.24) is 0 Å². The van der Waals surface area contributed by atoms with E-state index in [9.17, 15) is 0 Å². The normalized spacial score (nSPS) is 20.1. The standard InChI is InChI=1S/C11H15NO2/c1-12-9(6-7-13)8-14-11-5-3-2-4-10(11)12/h2-5,9,13H,6-8H2,1H3. The highest BCUT2D eigenvalue weighted by atomic mass is 16.5. The number of fused-ring (bicyclic) bond motifs is 1. The Bertz CT molecular complexity index is 314. The molecule has 1 unspecified atom stereocenters. The van der Waals surface area contributed by atoms with Crippen molar-refractivity contribution < 1.29 is 9.84 Å². The molecular formula is C11H15NO2. The molecule has 1 aromatic carbocycles. The summed E-state index contributed by atoms with van der Waals surface area (Å²) in [7, 11) is 2.04. The Kier molecular flexibility index (Phi) is 2.59. The van der Waals surface area contributed by atoms with Gasteiger partial charge in [-0.2, -0.15) is 0 Å². The molecule has 14 heavy (non-hydrogen) atoms. The molecule has 2 rings (SSSR count). The molecule has 0 bridgehead atoms. The number of anilines is 1. The number of ether oxygens (including phenoxy) is 1. The monoisotopic (exact) mass is 193 g/mol. The van der Waals surface area contributed by atoms with Gasteiger partial charge in [0.2, 0.25) is 0 Å². The summed E-state index contributed by atoms with van der Waals surface area (Å²) in [6, 6.07) is 8.27. The van der Waals surface area contributed by atoms with Gasteiger partial charge in [0.05, 0.1) is 11.7 Å². The van der Waals surface area contributed by atoms with E-state index in [0.29, 0.717) is 6.61 Å². The molecule has 0 radical (unpaired) electrons. The summed E-state index contributed by atoms with van der Waals surface area (Å²) in [5.41, 5.74) is 1.11. The first-order chi connectivity index (χ1) is 6.83. The zero-order valence-corrected chi connectivity index (χ0v) is 8.31. The Morgan fingerprint density at radius 3 is 3.07 bits per heavy atom. The van der Waals surface area contributed by atoms with Crippen LogP contribution in [0.5, 0.6) is 5.75 Å². The van der Waals surface area contributed by atoms with Gasteiger partial charge >= 0.3 is 0 Å². The predicted molar refractivity (Wildman–Crippen MR) is 55.8 cm³/mol. The summed E-state index contributed by atoms with van der Waals surface area (Å²) < 4.78 is 5.61. The molecule has 1 atom stereocenters. The molecule has 0 amide bonds. The zero-order chi connectivity index (χ0) is 9.97. The van der Waals surface area contributed by atoms with E-state index < -0.39 is 0 Å². The quantitative estimate of drug-likeness (QED) is 0.767. The van der Waals surface area contributed by atoms with Crippen LogP contribution in [0.4, 0.5) is 5.69 Å². The van der Waals surface area contributed by atoms with E-state index >= 15 is 0 Å². The van der Waals surface area contributed by atoms with Crippen molar-refractivity contribution in [2.45, 2.75) is 12.5 Å². The molecule has 1 aliphatic heterocycles. The molecule has 3 nitrogen and oxygen atoms in total. The van der Waals surface area contributed by atoms with Crippen LogP contribution in [0.3, 0.4) is 0 Å². The Hall–Kier alpha value is -1.22. The van der Waals surface area contributed by atoms with Crippen molar-refractivity contribution in [2.24, 2.45) is 0 Å². The second-order valence-electron chi connectivity index (χ2n) is 3.56. The van der Waals surface area contributed by atoms with Gasteiger partial charge in [0.15, 0.2) is 0 Å². The topological polar surface area (TPSA) is 32.7 Å². The minimum Gasteiger partial charge on any atom is -0.489 e. The fourth-order valence-corrected chi connectivity index (χ4v) is 1.79. The molecule has 0 fully saturated rings. The van der Waals surface area contributed by atoms with Crippen LogP contribution in [-0.2, 0) is 0 Å². The highest BCUT2D eigenvalue weighted by Gasteiger charge is 2.23. The van der Waals surface area contributed by atoms with Gasteiger partial charge in [-0.15, -0.1) is 0 Å². The molecule has 1 heterocycles. The van der Waals surface area contributed by atoms with Crippen LogP contribution in [0, 0.1) is 0 Å². The molecule has 0 saturated heterocycles. The highest BCUT2D eigenvalue weighted by Crippen LogP contribution is 2.32. The summed E-state index contributed by atoms with van der Waals surface area (Å²) in [5, 5.41) is 8.90. The number of aliphatic hydroxyl groups is 1. The average molecular weight is 193 g/mol. The fraction of sp³-hybridized carbons (Fsp3) is 0.455. The first kappa shape index (κ1) is 9.34. The summed E-state index contributed by atoms with van der Waals surface area (Å²) in [4.78, 5) is 2.18. The lowest BCUT2D eigenvalue weighted by Crippen LogP contribution is -2.40. The third-order valence-corrected chi connectivity index (χ3v) is 2.69. The van der Waals surface area contributed by atoms with Crippen molar-refractivity contribution >= 4 is 5.69 Å². The molecule has 3 heteroatoms. The molecule has 1 aromatic rings. The lowest BCUT2D eigenvalue weighted by molar-refractivity contribution is 0.219. The first-order valence-corrected chi connectivity index (χ1v) is 4.88. The number of hydrogen-bond acceptors (Lipinski definition) is 3. The number of benzene rings is 1. The van der Waals surface area contributed by atoms with Crippen LogP contribution < -0.4 is 9.64 Å². The van der Waals surface area contributed by atoms with E-state index in [4.69, 9.17) is 9.84 Å². The second kappa shape index (κ2) is 3.88. The molecule has 1 N–H and O–H groups in total. The van der Waals surface area contributed by atoms with Crippen molar-refractivity contribution in [3.63, 3.8) is 0 Å². The summed E-state index contributed by atoms with van der Waals surface area (Å²) in [6.45, 7) is 0.870. The SMILES string of the molecule is CN1c2ccccc2OCC1CCO. The molecular weight excluding hydrogens is 178 g/mol. The minimum absolute atomic E-state index is 0.209.